The summed E-state index contributed by atoms with van der Waals surface area (Å²) in [5.41, 5.74) is 0. The van der Waals surface area contributed by atoms with E-state index < -0.39 is 0 Å². The molecular formula is C7H12BrN5S. The van der Waals surface area contributed by atoms with Crippen molar-refractivity contribution in [3.8, 4) is 0 Å². The molecule has 0 aromatic carbocycles. The Morgan fingerprint density at radius 2 is 2.50 bits per heavy atom. The number of rotatable bonds is 6. The monoisotopic (exact) mass is 277 g/mol. The van der Waals surface area contributed by atoms with E-state index in [1.54, 1.807) is 16.4 Å². The highest BCUT2D eigenvalue weighted by Gasteiger charge is 2.05. The lowest BCUT2D eigenvalue weighted by Crippen LogP contribution is -2.16. The van der Waals surface area contributed by atoms with E-state index in [1.807, 2.05) is 7.05 Å². The molecule has 1 heterocycles. The predicted octanol–water partition coefficient (Wildman–Crippen LogP) is 0.893. The lowest BCUT2D eigenvalue weighted by Gasteiger charge is -2.02. The SMILES string of the molecule is C=C(Br)CSc1nnnn1CCNC. The van der Waals surface area contributed by atoms with Gasteiger partial charge in [0.05, 0.1) is 6.54 Å². The minimum absolute atomic E-state index is 0.778. The van der Waals surface area contributed by atoms with Crippen molar-refractivity contribution in [1.82, 2.24) is 25.5 Å². The molecule has 0 atom stereocenters. The second-order valence-corrected chi connectivity index (χ2v) is 4.66. The van der Waals surface area contributed by atoms with Crippen LogP contribution in [0.4, 0.5) is 0 Å². The van der Waals surface area contributed by atoms with E-state index in [0.717, 1.165) is 28.5 Å². The normalized spacial score (nSPS) is 10.4. The van der Waals surface area contributed by atoms with Gasteiger partial charge < -0.3 is 5.32 Å². The summed E-state index contributed by atoms with van der Waals surface area (Å²) in [4.78, 5) is 0. The first kappa shape index (κ1) is 11.7. The highest BCUT2D eigenvalue weighted by Crippen LogP contribution is 2.18. The van der Waals surface area contributed by atoms with Crippen LogP contribution in [0.3, 0.4) is 0 Å². The first-order valence-electron chi connectivity index (χ1n) is 4.11. The van der Waals surface area contributed by atoms with Crippen LogP contribution in [0.2, 0.25) is 0 Å². The van der Waals surface area contributed by atoms with E-state index in [1.165, 1.54) is 0 Å². The molecule has 1 aromatic rings. The van der Waals surface area contributed by atoms with Gasteiger partial charge in [0, 0.05) is 12.3 Å². The van der Waals surface area contributed by atoms with E-state index in [9.17, 15) is 0 Å². The Morgan fingerprint density at radius 3 is 3.14 bits per heavy atom. The molecule has 7 heteroatoms. The molecule has 0 aliphatic carbocycles. The van der Waals surface area contributed by atoms with E-state index in [2.05, 4.69) is 43.4 Å². The molecule has 78 valence electrons. The average molecular weight is 278 g/mol. The average Bonchev–Trinajstić information content (AvgIpc) is 2.58. The number of aromatic nitrogens is 4. The van der Waals surface area contributed by atoms with Crippen molar-refractivity contribution in [2.24, 2.45) is 0 Å². The first-order chi connectivity index (χ1) is 6.74. The molecule has 5 nitrogen and oxygen atoms in total. The maximum absolute atomic E-state index is 3.92. The number of hydrogen-bond acceptors (Lipinski definition) is 5. The number of nitrogens with one attached hydrogen (secondary N) is 1. The third kappa shape index (κ3) is 3.77. The molecule has 0 saturated heterocycles. The molecule has 14 heavy (non-hydrogen) atoms. The van der Waals surface area contributed by atoms with Crippen LogP contribution in [0.5, 0.6) is 0 Å². The van der Waals surface area contributed by atoms with Gasteiger partial charge in [-0.25, -0.2) is 4.68 Å². The zero-order chi connectivity index (χ0) is 10.4. The van der Waals surface area contributed by atoms with Crippen molar-refractivity contribution in [3.05, 3.63) is 11.1 Å². The Morgan fingerprint density at radius 1 is 1.71 bits per heavy atom. The highest BCUT2D eigenvalue weighted by molar-refractivity contribution is 9.11. The molecule has 0 aliphatic heterocycles. The lowest BCUT2D eigenvalue weighted by atomic mass is 10.6. The summed E-state index contributed by atoms with van der Waals surface area (Å²) in [6, 6.07) is 0. The van der Waals surface area contributed by atoms with E-state index in [0.29, 0.717) is 0 Å². The van der Waals surface area contributed by atoms with Gasteiger partial charge in [0.2, 0.25) is 5.16 Å². The maximum Gasteiger partial charge on any atom is 0.209 e. The molecule has 0 unspecified atom stereocenters. The zero-order valence-electron chi connectivity index (χ0n) is 7.90. The molecule has 0 spiro atoms. The van der Waals surface area contributed by atoms with Gasteiger partial charge in [-0.15, -0.1) is 5.10 Å². The Labute approximate surface area is 95.5 Å². The van der Waals surface area contributed by atoms with Crippen molar-refractivity contribution in [3.63, 3.8) is 0 Å². The van der Waals surface area contributed by atoms with Gasteiger partial charge in [0.15, 0.2) is 0 Å². The van der Waals surface area contributed by atoms with E-state index >= 15 is 0 Å². The minimum atomic E-state index is 0.778. The number of nitrogens with zero attached hydrogens (tertiary/aromatic N) is 4. The molecule has 0 aliphatic rings. The van der Waals surface area contributed by atoms with Crippen molar-refractivity contribution in [1.29, 1.82) is 0 Å². The molecule has 1 rings (SSSR count). The van der Waals surface area contributed by atoms with Crippen LogP contribution in [0.25, 0.3) is 0 Å². The van der Waals surface area contributed by atoms with Gasteiger partial charge in [-0.05, 0) is 22.0 Å². The second-order valence-electron chi connectivity index (χ2n) is 2.59. The lowest BCUT2D eigenvalue weighted by molar-refractivity contribution is 0.530. The Bertz CT molecular complexity index is 300. The van der Waals surface area contributed by atoms with Gasteiger partial charge in [-0.2, -0.15) is 0 Å². The van der Waals surface area contributed by atoms with Gasteiger partial charge in [0.1, 0.15) is 0 Å². The van der Waals surface area contributed by atoms with Gasteiger partial charge >= 0.3 is 0 Å². The van der Waals surface area contributed by atoms with Crippen molar-refractivity contribution in [2.75, 3.05) is 19.3 Å². The maximum atomic E-state index is 3.92. The number of likely N-dealkylation sites (N-methyl/N-ethyl adjacent to an activating group) is 1. The Hall–Kier alpha value is -0.400. The quantitative estimate of drug-likeness (QED) is 0.783. The van der Waals surface area contributed by atoms with E-state index in [4.69, 9.17) is 0 Å². The topological polar surface area (TPSA) is 55.6 Å². The summed E-state index contributed by atoms with van der Waals surface area (Å²) < 4.78 is 2.71. The van der Waals surface area contributed by atoms with E-state index in [-0.39, 0.29) is 0 Å². The molecular weight excluding hydrogens is 266 g/mol. The molecule has 1 aromatic heterocycles. The van der Waals surface area contributed by atoms with Crippen LogP contribution in [-0.2, 0) is 6.54 Å². The van der Waals surface area contributed by atoms with Crippen LogP contribution in [0.15, 0.2) is 16.2 Å². The van der Waals surface area contributed by atoms with Crippen molar-refractivity contribution < 1.29 is 0 Å². The molecule has 0 radical (unpaired) electrons. The summed E-state index contributed by atoms with van der Waals surface area (Å²) in [6.45, 7) is 5.39. The summed E-state index contributed by atoms with van der Waals surface area (Å²) in [7, 11) is 1.90. The number of tetrazole rings is 1. The summed E-state index contributed by atoms with van der Waals surface area (Å²) >= 11 is 4.86. The summed E-state index contributed by atoms with van der Waals surface area (Å²) in [5, 5.41) is 15.3. The van der Waals surface area contributed by atoms with Crippen molar-refractivity contribution >= 4 is 27.7 Å². The number of thioether (sulfide) groups is 1. The van der Waals surface area contributed by atoms with Crippen LogP contribution >= 0.6 is 27.7 Å². The van der Waals surface area contributed by atoms with Gasteiger partial charge in [-0.1, -0.05) is 34.3 Å². The molecule has 0 fully saturated rings. The number of hydrogen-bond donors (Lipinski definition) is 1. The Kier molecular flexibility index (Phi) is 5.13. The molecule has 1 N–H and O–H groups in total. The third-order valence-electron chi connectivity index (χ3n) is 1.43. The molecule has 0 saturated carbocycles. The standard InChI is InChI=1S/C7H12BrN5S/c1-6(8)5-14-7-10-11-12-13(7)4-3-9-2/h9H,1,3-5H2,2H3. The van der Waals surface area contributed by atoms with Crippen LogP contribution in [0, 0.1) is 0 Å². The first-order valence-corrected chi connectivity index (χ1v) is 5.88. The fourth-order valence-corrected chi connectivity index (χ4v) is 1.80. The summed E-state index contributed by atoms with van der Waals surface area (Å²) in [5.74, 6) is 0.778. The van der Waals surface area contributed by atoms with Crippen LogP contribution < -0.4 is 5.32 Å². The molecule has 0 bridgehead atoms. The van der Waals surface area contributed by atoms with Crippen molar-refractivity contribution in [2.45, 2.75) is 11.7 Å². The van der Waals surface area contributed by atoms with Crippen LogP contribution in [0.1, 0.15) is 0 Å². The fourth-order valence-electron chi connectivity index (χ4n) is 0.801. The fraction of sp³-hybridized carbons (Fsp3) is 0.571. The minimum Gasteiger partial charge on any atom is -0.318 e. The summed E-state index contributed by atoms with van der Waals surface area (Å²) in [6.07, 6.45) is 0. The highest BCUT2D eigenvalue weighted by atomic mass is 79.9. The Balaban J connectivity index is 2.49. The molecule has 0 amide bonds. The largest absolute Gasteiger partial charge is 0.318 e. The predicted molar refractivity (Wildman–Crippen MR) is 60.5 cm³/mol. The zero-order valence-corrected chi connectivity index (χ0v) is 10.3. The van der Waals surface area contributed by atoms with Gasteiger partial charge in [-0.3, -0.25) is 0 Å². The third-order valence-corrected chi connectivity index (χ3v) is 3.13. The number of halogens is 1. The smallest absolute Gasteiger partial charge is 0.209 e. The van der Waals surface area contributed by atoms with Gasteiger partial charge in [0.25, 0.3) is 0 Å². The second kappa shape index (κ2) is 6.15. The van der Waals surface area contributed by atoms with Crippen LogP contribution in [-0.4, -0.2) is 39.6 Å².